The summed E-state index contributed by atoms with van der Waals surface area (Å²) < 4.78 is 0. The molecule has 2 nitrogen and oxygen atoms in total. The molecule has 2 fully saturated rings. The minimum Gasteiger partial charge on any atom is -0.299 e. The number of nitrogens with zero attached hydrogens (tertiary/aromatic N) is 2. The molecule has 2 aliphatic rings. The normalized spacial score (nSPS) is 35.2. The second-order valence-corrected chi connectivity index (χ2v) is 5.77. The molecule has 0 aromatic heterocycles. The Kier molecular flexibility index (Phi) is 3.68. The van der Waals surface area contributed by atoms with Crippen LogP contribution in [0.1, 0.15) is 40.0 Å². The Hall–Kier alpha value is -0.0800. The van der Waals surface area contributed by atoms with Crippen LogP contribution in [0.5, 0.6) is 0 Å². The van der Waals surface area contributed by atoms with E-state index in [1.807, 2.05) is 0 Å². The van der Waals surface area contributed by atoms with Crippen LogP contribution >= 0.6 is 0 Å². The van der Waals surface area contributed by atoms with Crippen molar-refractivity contribution in [1.82, 2.24) is 9.80 Å². The predicted molar refractivity (Wildman–Crippen MR) is 65.1 cm³/mol. The largest absolute Gasteiger partial charge is 0.299 e. The molecule has 0 spiro atoms. The van der Waals surface area contributed by atoms with E-state index in [4.69, 9.17) is 0 Å². The smallest absolute Gasteiger partial charge is 0.0235 e. The van der Waals surface area contributed by atoms with Crippen molar-refractivity contribution < 1.29 is 0 Å². The Morgan fingerprint density at radius 1 is 1.07 bits per heavy atom. The van der Waals surface area contributed by atoms with Gasteiger partial charge in [0, 0.05) is 31.7 Å². The average Bonchev–Trinajstić information content (AvgIpc) is 2.66. The first-order valence-corrected chi connectivity index (χ1v) is 6.65. The van der Waals surface area contributed by atoms with Crippen molar-refractivity contribution in [2.75, 3.05) is 26.2 Å². The fourth-order valence-electron chi connectivity index (χ4n) is 3.09. The minimum absolute atomic E-state index is 0.734. The number of hydrogen-bond acceptors (Lipinski definition) is 2. The molecule has 15 heavy (non-hydrogen) atoms. The van der Waals surface area contributed by atoms with Crippen LogP contribution in [0.25, 0.3) is 0 Å². The third kappa shape index (κ3) is 2.73. The summed E-state index contributed by atoms with van der Waals surface area (Å²) in [6.07, 6.45) is 4.25. The zero-order valence-corrected chi connectivity index (χ0v) is 10.6. The van der Waals surface area contributed by atoms with Gasteiger partial charge < -0.3 is 0 Å². The Morgan fingerprint density at radius 3 is 2.47 bits per heavy atom. The lowest BCUT2D eigenvalue weighted by atomic mass is 9.98. The molecule has 2 rings (SSSR count). The molecule has 0 amide bonds. The van der Waals surface area contributed by atoms with Crippen molar-refractivity contribution in [3.63, 3.8) is 0 Å². The van der Waals surface area contributed by atoms with Crippen LogP contribution in [0.3, 0.4) is 0 Å². The highest BCUT2D eigenvalue weighted by molar-refractivity contribution is 4.86. The van der Waals surface area contributed by atoms with Gasteiger partial charge in [-0.25, -0.2) is 0 Å². The Bertz CT molecular complexity index is 203. The topological polar surface area (TPSA) is 6.48 Å². The SMILES string of the molecule is CC1CCCN(C2CCN(C(C)C)C2)C1. The van der Waals surface area contributed by atoms with Gasteiger partial charge in [0.25, 0.3) is 0 Å². The van der Waals surface area contributed by atoms with Crippen LogP contribution in [-0.4, -0.2) is 48.1 Å². The predicted octanol–water partition coefficient (Wildman–Crippen LogP) is 2.20. The monoisotopic (exact) mass is 210 g/mol. The fraction of sp³-hybridized carbons (Fsp3) is 1.00. The molecule has 0 N–H and O–H groups in total. The number of likely N-dealkylation sites (tertiary alicyclic amines) is 2. The molecule has 0 aromatic rings. The Balaban J connectivity index is 1.84. The molecule has 2 unspecified atom stereocenters. The highest BCUT2D eigenvalue weighted by Crippen LogP contribution is 2.23. The molecule has 0 aliphatic carbocycles. The molecule has 0 aromatic carbocycles. The maximum Gasteiger partial charge on any atom is 0.0235 e. The van der Waals surface area contributed by atoms with E-state index >= 15 is 0 Å². The lowest BCUT2D eigenvalue weighted by Gasteiger charge is -2.35. The van der Waals surface area contributed by atoms with Gasteiger partial charge in [-0.1, -0.05) is 6.92 Å². The van der Waals surface area contributed by atoms with Crippen molar-refractivity contribution in [2.45, 2.75) is 52.1 Å². The van der Waals surface area contributed by atoms with E-state index in [0.29, 0.717) is 0 Å². The molecule has 0 bridgehead atoms. The van der Waals surface area contributed by atoms with Crippen LogP contribution in [0.4, 0.5) is 0 Å². The molecule has 2 atom stereocenters. The van der Waals surface area contributed by atoms with E-state index in [2.05, 4.69) is 30.6 Å². The first kappa shape index (κ1) is 11.4. The van der Waals surface area contributed by atoms with E-state index in [1.165, 1.54) is 45.4 Å². The van der Waals surface area contributed by atoms with Gasteiger partial charge >= 0.3 is 0 Å². The van der Waals surface area contributed by atoms with Crippen LogP contribution < -0.4 is 0 Å². The molecule has 2 saturated heterocycles. The van der Waals surface area contributed by atoms with Gasteiger partial charge in [-0.05, 0) is 45.6 Å². The minimum atomic E-state index is 0.734. The van der Waals surface area contributed by atoms with Gasteiger partial charge in [0.1, 0.15) is 0 Å². The van der Waals surface area contributed by atoms with Gasteiger partial charge in [0.2, 0.25) is 0 Å². The summed E-state index contributed by atoms with van der Waals surface area (Å²) in [5.41, 5.74) is 0. The molecular formula is C13H26N2. The molecule has 2 heterocycles. The van der Waals surface area contributed by atoms with Crippen molar-refractivity contribution >= 4 is 0 Å². The van der Waals surface area contributed by atoms with E-state index in [1.54, 1.807) is 0 Å². The lowest BCUT2D eigenvalue weighted by Crippen LogP contribution is -2.44. The van der Waals surface area contributed by atoms with Crippen molar-refractivity contribution in [3.8, 4) is 0 Å². The maximum atomic E-state index is 2.75. The number of rotatable bonds is 2. The molecular weight excluding hydrogens is 184 g/mol. The number of piperidine rings is 1. The Morgan fingerprint density at radius 2 is 1.87 bits per heavy atom. The fourth-order valence-corrected chi connectivity index (χ4v) is 3.09. The van der Waals surface area contributed by atoms with Crippen LogP contribution in [0.15, 0.2) is 0 Å². The molecule has 2 heteroatoms. The summed E-state index contributed by atoms with van der Waals surface area (Å²) in [4.78, 5) is 5.38. The van der Waals surface area contributed by atoms with Crippen molar-refractivity contribution in [1.29, 1.82) is 0 Å². The van der Waals surface area contributed by atoms with E-state index in [-0.39, 0.29) is 0 Å². The highest BCUT2D eigenvalue weighted by atomic mass is 15.3. The Labute approximate surface area is 94.6 Å². The first-order valence-electron chi connectivity index (χ1n) is 6.65. The molecule has 0 saturated carbocycles. The van der Waals surface area contributed by atoms with E-state index in [0.717, 1.165) is 18.0 Å². The van der Waals surface area contributed by atoms with Gasteiger partial charge in [-0.15, -0.1) is 0 Å². The lowest BCUT2D eigenvalue weighted by molar-refractivity contribution is 0.127. The van der Waals surface area contributed by atoms with Gasteiger partial charge in [-0.2, -0.15) is 0 Å². The summed E-state index contributed by atoms with van der Waals surface area (Å²) in [5.74, 6) is 0.923. The third-order valence-corrected chi connectivity index (χ3v) is 4.13. The third-order valence-electron chi connectivity index (χ3n) is 4.13. The standard InChI is InChI=1S/C13H26N2/c1-11(2)14-8-6-13(10-14)15-7-4-5-12(3)9-15/h11-13H,4-10H2,1-3H3. The van der Waals surface area contributed by atoms with E-state index < -0.39 is 0 Å². The highest BCUT2D eigenvalue weighted by Gasteiger charge is 2.30. The van der Waals surface area contributed by atoms with Crippen LogP contribution in [0.2, 0.25) is 0 Å². The zero-order chi connectivity index (χ0) is 10.8. The van der Waals surface area contributed by atoms with Gasteiger partial charge in [0.05, 0.1) is 0 Å². The zero-order valence-electron chi connectivity index (χ0n) is 10.6. The summed E-state index contributed by atoms with van der Waals surface area (Å²) in [6, 6.07) is 1.59. The summed E-state index contributed by atoms with van der Waals surface area (Å²) in [6.45, 7) is 12.4. The van der Waals surface area contributed by atoms with Gasteiger partial charge in [0.15, 0.2) is 0 Å². The maximum absolute atomic E-state index is 2.75. The molecule has 88 valence electrons. The summed E-state index contributed by atoms with van der Waals surface area (Å²) in [7, 11) is 0. The average molecular weight is 210 g/mol. The first-order chi connectivity index (χ1) is 7.16. The summed E-state index contributed by atoms with van der Waals surface area (Å²) in [5, 5.41) is 0. The van der Waals surface area contributed by atoms with Crippen LogP contribution in [-0.2, 0) is 0 Å². The molecule has 0 radical (unpaired) electrons. The second-order valence-electron chi connectivity index (χ2n) is 5.77. The molecule has 2 aliphatic heterocycles. The van der Waals surface area contributed by atoms with Crippen molar-refractivity contribution in [3.05, 3.63) is 0 Å². The summed E-state index contributed by atoms with van der Waals surface area (Å²) >= 11 is 0. The van der Waals surface area contributed by atoms with E-state index in [9.17, 15) is 0 Å². The second kappa shape index (κ2) is 4.84. The van der Waals surface area contributed by atoms with Crippen LogP contribution in [0, 0.1) is 5.92 Å². The number of hydrogen-bond donors (Lipinski definition) is 0. The van der Waals surface area contributed by atoms with Gasteiger partial charge in [-0.3, -0.25) is 9.80 Å². The quantitative estimate of drug-likeness (QED) is 0.689. The van der Waals surface area contributed by atoms with Crippen molar-refractivity contribution in [2.24, 2.45) is 5.92 Å².